The predicted molar refractivity (Wildman–Crippen MR) is 114 cm³/mol. The molecule has 0 bridgehead atoms. The monoisotopic (exact) mass is 520 g/mol. The molecule has 1 rings (SSSR count). The highest BCUT2D eigenvalue weighted by atomic mass is 79.9. The standard InChI is InChI=1S/C17H21BrN4O8S/c18-9-1-3-10(4-2-9)22(30)17(29)31-8-12(15(26)20-7-14(24)25)21-13(23)6-5-11(19)16(27)28/h1-4,11-12,30H,5-8,19H2,(H,20,26)(H,21,23)(H,24,25)(H,27,28). The molecule has 0 aliphatic heterocycles. The molecule has 0 saturated carbocycles. The molecule has 31 heavy (non-hydrogen) atoms. The van der Waals surface area contributed by atoms with Crippen molar-refractivity contribution in [1.82, 2.24) is 10.6 Å². The average Bonchev–Trinajstić information content (AvgIpc) is 2.72. The first-order valence-electron chi connectivity index (χ1n) is 8.69. The molecule has 0 spiro atoms. The zero-order valence-corrected chi connectivity index (χ0v) is 18.4. The number of aliphatic carboxylic acids is 2. The Morgan fingerprint density at radius 3 is 2.29 bits per heavy atom. The number of hydroxylamine groups is 1. The van der Waals surface area contributed by atoms with Crippen LogP contribution in [0.5, 0.6) is 0 Å². The van der Waals surface area contributed by atoms with Gasteiger partial charge >= 0.3 is 17.2 Å². The van der Waals surface area contributed by atoms with Gasteiger partial charge in [0.25, 0.3) is 0 Å². The van der Waals surface area contributed by atoms with Gasteiger partial charge in [-0.05, 0) is 30.7 Å². The Morgan fingerprint density at radius 2 is 1.74 bits per heavy atom. The molecule has 1 aromatic rings. The molecular weight excluding hydrogens is 500 g/mol. The number of hydrogen-bond acceptors (Lipinski definition) is 8. The lowest BCUT2D eigenvalue weighted by Gasteiger charge is -2.19. The highest BCUT2D eigenvalue weighted by Crippen LogP contribution is 2.21. The van der Waals surface area contributed by atoms with Crippen LogP contribution in [0.2, 0.25) is 0 Å². The van der Waals surface area contributed by atoms with Gasteiger partial charge in [0.15, 0.2) is 0 Å². The van der Waals surface area contributed by atoms with Crippen molar-refractivity contribution >= 4 is 62.4 Å². The summed E-state index contributed by atoms with van der Waals surface area (Å²) < 4.78 is 0.727. The van der Waals surface area contributed by atoms with Crippen LogP contribution in [0, 0.1) is 0 Å². The predicted octanol–water partition coefficient (Wildman–Crippen LogP) is 0.376. The van der Waals surface area contributed by atoms with Crippen molar-refractivity contribution in [2.75, 3.05) is 17.4 Å². The zero-order chi connectivity index (χ0) is 23.6. The second-order valence-corrected chi connectivity index (χ2v) is 7.97. The van der Waals surface area contributed by atoms with Crippen LogP contribution in [0.1, 0.15) is 12.8 Å². The molecule has 12 nitrogen and oxygen atoms in total. The Kier molecular flexibility index (Phi) is 11.0. The summed E-state index contributed by atoms with van der Waals surface area (Å²) in [5.41, 5.74) is 5.49. The van der Waals surface area contributed by atoms with Crippen molar-refractivity contribution in [3.8, 4) is 0 Å². The number of hydrogen-bond donors (Lipinski definition) is 6. The molecule has 170 valence electrons. The van der Waals surface area contributed by atoms with Gasteiger partial charge in [-0.15, -0.1) is 0 Å². The molecule has 0 aromatic heterocycles. The fraction of sp³-hybridized carbons (Fsp3) is 0.353. The number of anilines is 1. The third kappa shape index (κ3) is 9.78. The summed E-state index contributed by atoms with van der Waals surface area (Å²) in [7, 11) is 0. The number of carbonyl (C=O) groups is 5. The van der Waals surface area contributed by atoms with Crippen molar-refractivity contribution in [3.05, 3.63) is 28.7 Å². The lowest BCUT2D eigenvalue weighted by atomic mass is 10.1. The number of rotatable bonds is 11. The number of carboxylic acid groups (broad SMARTS) is 2. The normalized spacial score (nSPS) is 12.4. The van der Waals surface area contributed by atoms with Crippen LogP contribution >= 0.6 is 27.7 Å². The number of carbonyl (C=O) groups excluding carboxylic acids is 3. The lowest BCUT2D eigenvalue weighted by Crippen LogP contribution is -2.50. The van der Waals surface area contributed by atoms with Gasteiger partial charge in [0.2, 0.25) is 11.8 Å². The smallest absolute Gasteiger partial charge is 0.322 e. The highest BCUT2D eigenvalue weighted by Gasteiger charge is 2.25. The minimum atomic E-state index is -1.32. The van der Waals surface area contributed by atoms with E-state index in [0.717, 1.165) is 4.47 Å². The molecule has 2 unspecified atom stereocenters. The summed E-state index contributed by atoms with van der Waals surface area (Å²) in [6.07, 6.45) is -0.496. The minimum Gasteiger partial charge on any atom is -0.480 e. The van der Waals surface area contributed by atoms with Crippen LogP contribution in [-0.2, 0) is 19.2 Å². The molecule has 0 aliphatic rings. The van der Waals surface area contributed by atoms with E-state index in [4.69, 9.17) is 15.9 Å². The molecule has 2 atom stereocenters. The number of halogens is 1. The Hall–Kier alpha value is -2.68. The molecule has 0 aliphatic carbocycles. The van der Waals surface area contributed by atoms with E-state index in [1.165, 1.54) is 12.1 Å². The topological polar surface area (TPSA) is 199 Å². The molecule has 14 heteroatoms. The Morgan fingerprint density at radius 1 is 1.13 bits per heavy atom. The van der Waals surface area contributed by atoms with Crippen molar-refractivity contribution in [2.45, 2.75) is 24.9 Å². The number of nitrogens with zero attached hydrogens (tertiary/aromatic N) is 1. The highest BCUT2D eigenvalue weighted by molar-refractivity contribution is 9.10. The van der Waals surface area contributed by atoms with Crippen LogP contribution in [-0.4, -0.2) is 68.8 Å². The van der Waals surface area contributed by atoms with Gasteiger partial charge in [-0.2, -0.15) is 5.06 Å². The van der Waals surface area contributed by atoms with Crippen LogP contribution in [0.25, 0.3) is 0 Å². The van der Waals surface area contributed by atoms with Gasteiger partial charge in [-0.1, -0.05) is 27.7 Å². The summed E-state index contributed by atoms with van der Waals surface area (Å²) in [6, 6.07) is 3.54. The first-order valence-corrected chi connectivity index (χ1v) is 10.5. The van der Waals surface area contributed by atoms with E-state index in [9.17, 15) is 29.2 Å². The van der Waals surface area contributed by atoms with Gasteiger partial charge in [-0.3, -0.25) is 29.2 Å². The maximum Gasteiger partial charge on any atom is 0.322 e. The van der Waals surface area contributed by atoms with Gasteiger partial charge in [0.1, 0.15) is 18.6 Å². The molecule has 0 saturated heterocycles. The second kappa shape index (κ2) is 12.9. The maximum absolute atomic E-state index is 12.2. The number of nitrogens with one attached hydrogen (secondary N) is 2. The van der Waals surface area contributed by atoms with E-state index in [2.05, 4.69) is 26.6 Å². The lowest BCUT2D eigenvalue weighted by molar-refractivity contribution is -0.139. The van der Waals surface area contributed by atoms with Crippen molar-refractivity contribution in [3.63, 3.8) is 0 Å². The summed E-state index contributed by atoms with van der Waals surface area (Å²) in [5, 5.41) is 31.3. The van der Waals surface area contributed by atoms with Crippen LogP contribution in [0.15, 0.2) is 28.7 Å². The number of nitrogens with two attached hydrogens (primary N) is 1. The van der Waals surface area contributed by atoms with Gasteiger partial charge in [0, 0.05) is 16.6 Å². The first-order chi connectivity index (χ1) is 14.5. The first kappa shape index (κ1) is 26.4. The van der Waals surface area contributed by atoms with Crippen molar-refractivity contribution < 1.29 is 39.4 Å². The summed E-state index contributed by atoms with van der Waals surface area (Å²) in [4.78, 5) is 57.8. The zero-order valence-electron chi connectivity index (χ0n) is 16.0. The van der Waals surface area contributed by atoms with E-state index in [-0.39, 0.29) is 24.3 Å². The van der Waals surface area contributed by atoms with Gasteiger partial charge < -0.3 is 26.6 Å². The third-order valence-electron chi connectivity index (χ3n) is 3.68. The molecule has 0 fully saturated rings. The molecular formula is C17H21BrN4O8S. The summed E-state index contributed by atoms with van der Waals surface area (Å²) in [5.74, 6) is -4.51. The number of thioether (sulfide) groups is 1. The molecule has 1 aromatic carbocycles. The number of carboxylic acids is 2. The maximum atomic E-state index is 12.2. The molecule has 3 amide bonds. The molecule has 0 heterocycles. The van der Waals surface area contributed by atoms with Crippen LogP contribution in [0.3, 0.4) is 0 Å². The average molecular weight is 521 g/mol. The van der Waals surface area contributed by atoms with Crippen LogP contribution in [0.4, 0.5) is 10.5 Å². The number of benzene rings is 1. The fourth-order valence-electron chi connectivity index (χ4n) is 2.05. The Balaban J connectivity index is 2.74. The van der Waals surface area contributed by atoms with Gasteiger partial charge in [-0.25, -0.2) is 0 Å². The van der Waals surface area contributed by atoms with Crippen molar-refractivity contribution in [2.24, 2.45) is 5.73 Å². The summed E-state index contributed by atoms with van der Waals surface area (Å²) >= 11 is 3.73. The Labute approximate surface area is 189 Å². The van der Waals surface area contributed by atoms with E-state index in [0.29, 0.717) is 16.8 Å². The summed E-state index contributed by atoms with van der Waals surface area (Å²) in [6.45, 7) is -0.710. The molecule has 7 N–H and O–H groups in total. The van der Waals surface area contributed by atoms with E-state index in [1.807, 2.05) is 0 Å². The van der Waals surface area contributed by atoms with E-state index >= 15 is 0 Å². The third-order valence-corrected chi connectivity index (χ3v) is 5.13. The van der Waals surface area contributed by atoms with E-state index in [1.54, 1.807) is 12.1 Å². The van der Waals surface area contributed by atoms with Crippen LogP contribution < -0.4 is 21.4 Å². The van der Waals surface area contributed by atoms with E-state index < -0.39 is 47.6 Å². The number of amides is 3. The Bertz CT molecular complexity index is 823. The minimum absolute atomic E-state index is 0.166. The second-order valence-electron chi connectivity index (χ2n) is 6.08. The quantitative estimate of drug-likeness (QED) is 0.175. The fourth-order valence-corrected chi connectivity index (χ4v) is 3.08. The van der Waals surface area contributed by atoms with Gasteiger partial charge in [0.05, 0.1) is 5.69 Å². The van der Waals surface area contributed by atoms with Crippen molar-refractivity contribution in [1.29, 1.82) is 0 Å². The largest absolute Gasteiger partial charge is 0.480 e. The molecule has 0 radical (unpaired) electrons. The SMILES string of the molecule is NC(CCC(=O)NC(CSC(=O)N(O)c1ccc(Br)cc1)C(=O)NCC(=O)O)C(=O)O.